The smallest absolute Gasteiger partial charge is 0.109 e. The molecule has 0 aromatic heterocycles. The lowest BCUT2D eigenvalue weighted by Gasteiger charge is -2.01. The fourth-order valence-corrected chi connectivity index (χ4v) is 0.739. The van der Waals surface area contributed by atoms with Crippen LogP contribution in [-0.2, 0) is 0 Å². The van der Waals surface area contributed by atoms with Gasteiger partial charge in [-0.3, -0.25) is 4.99 Å². The van der Waals surface area contributed by atoms with E-state index in [4.69, 9.17) is 0 Å². The highest BCUT2D eigenvalue weighted by Gasteiger charge is 1.96. The molecule has 0 bridgehead atoms. The molecule has 0 aliphatic heterocycles. The van der Waals surface area contributed by atoms with E-state index in [1.807, 2.05) is 0 Å². The maximum atomic E-state index is 4.11. The number of allylic oxidation sites excluding steroid dienone is 1. The van der Waals surface area contributed by atoms with Gasteiger partial charge in [0.2, 0.25) is 0 Å². The molecule has 0 amide bonds. The minimum absolute atomic E-state index is 0.622. The van der Waals surface area contributed by atoms with Gasteiger partial charge in [0.05, 0.1) is 0 Å². The molecule has 0 N–H and O–H groups in total. The average molecular weight is 152 g/mol. The Balaban J connectivity index is 4.04. The third kappa shape index (κ3) is 5.52. The third-order valence-corrected chi connectivity index (χ3v) is 1.19. The molecule has 0 saturated heterocycles. The SMILES string of the molecule is C=CC(CC(C)C)=NC=NC. The molecule has 0 aliphatic carbocycles. The van der Waals surface area contributed by atoms with Crippen LogP contribution in [0.5, 0.6) is 0 Å². The highest BCUT2D eigenvalue weighted by molar-refractivity contribution is 5.98. The Morgan fingerprint density at radius 3 is 2.55 bits per heavy atom. The van der Waals surface area contributed by atoms with Crippen LogP contribution in [0.3, 0.4) is 0 Å². The Morgan fingerprint density at radius 1 is 1.55 bits per heavy atom. The predicted molar refractivity (Wildman–Crippen MR) is 51.5 cm³/mol. The first-order valence-electron chi connectivity index (χ1n) is 3.80. The number of aliphatic imine (C=N–C) groups is 2. The molecule has 0 saturated carbocycles. The maximum absolute atomic E-state index is 4.11. The Morgan fingerprint density at radius 2 is 2.18 bits per heavy atom. The van der Waals surface area contributed by atoms with Crippen LogP contribution in [-0.4, -0.2) is 19.1 Å². The Kier molecular flexibility index (Phi) is 5.35. The summed E-state index contributed by atoms with van der Waals surface area (Å²) in [7, 11) is 1.71. The van der Waals surface area contributed by atoms with Crippen LogP contribution in [0.4, 0.5) is 0 Å². The van der Waals surface area contributed by atoms with Crippen molar-refractivity contribution >= 4 is 12.1 Å². The molecule has 0 aromatic rings. The van der Waals surface area contributed by atoms with E-state index in [0.29, 0.717) is 5.92 Å². The molecule has 0 heterocycles. The molecule has 0 atom stereocenters. The highest BCUT2D eigenvalue weighted by atomic mass is 14.8. The van der Waals surface area contributed by atoms with Crippen molar-refractivity contribution in [1.29, 1.82) is 0 Å². The Hall–Kier alpha value is -0.920. The molecule has 0 unspecified atom stereocenters. The Bertz CT molecular complexity index is 166. The third-order valence-electron chi connectivity index (χ3n) is 1.19. The summed E-state index contributed by atoms with van der Waals surface area (Å²) in [5, 5.41) is 0. The normalized spacial score (nSPS) is 12.9. The molecular weight excluding hydrogens is 136 g/mol. The van der Waals surface area contributed by atoms with Gasteiger partial charge in [-0.05, 0) is 18.4 Å². The molecule has 62 valence electrons. The lowest BCUT2D eigenvalue weighted by atomic mass is 10.1. The average Bonchev–Trinajstić information content (AvgIpc) is 1.97. The quantitative estimate of drug-likeness (QED) is 0.436. The predicted octanol–water partition coefficient (Wildman–Crippen LogP) is 2.32. The van der Waals surface area contributed by atoms with Gasteiger partial charge >= 0.3 is 0 Å². The summed E-state index contributed by atoms with van der Waals surface area (Å²) in [5.41, 5.74) is 1.01. The van der Waals surface area contributed by atoms with Gasteiger partial charge in [0.1, 0.15) is 6.34 Å². The molecule has 2 heteroatoms. The van der Waals surface area contributed by atoms with E-state index >= 15 is 0 Å². The van der Waals surface area contributed by atoms with Crippen molar-refractivity contribution in [3.05, 3.63) is 12.7 Å². The van der Waals surface area contributed by atoms with Gasteiger partial charge in [0.25, 0.3) is 0 Å². The Labute approximate surface area is 68.8 Å². The summed E-state index contributed by atoms with van der Waals surface area (Å²) in [4.78, 5) is 7.88. The van der Waals surface area contributed by atoms with Gasteiger partial charge in [-0.1, -0.05) is 20.4 Å². The molecule has 0 fully saturated rings. The number of hydrogen-bond donors (Lipinski definition) is 0. The van der Waals surface area contributed by atoms with Gasteiger partial charge in [-0.15, -0.1) is 0 Å². The van der Waals surface area contributed by atoms with E-state index in [-0.39, 0.29) is 0 Å². The van der Waals surface area contributed by atoms with Crippen molar-refractivity contribution in [2.24, 2.45) is 15.9 Å². The highest BCUT2D eigenvalue weighted by Crippen LogP contribution is 2.01. The first-order valence-corrected chi connectivity index (χ1v) is 3.80. The van der Waals surface area contributed by atoms with Crippen LogP contribution in [0, 0.1) is 5.92 Å². The molecule has 0 aromatic carbocycles. The topological polar surface area (TPSA) is 24.7 Å². The zero-order valence-electron chi connectivity index (χ0n) is 7.54. The van der Waals surface area contributed by atoms with Crippen molar-refractivity contribution < 1.29 is 0 Å². The lowest BCUT2D eigenvalue weighted by Crippen LogP contribution is -1.99. The summed E-state index contributed by atoms with van der Waals surface area (Å²) in [5.74, 6) is 0.622. The van der Waals surface area contributed by atoms with Gasteiger partial charge < -0.3 is 0 Å². The van der Waals surface area contributed by atoms with Crippen LogP contribution in [0.15, 0.2) is 22.6 Å². The second kappa shape index (κ2) is 5.83. The van der Waals surface area contributed by atoms with Gasteiger partial charge in [0.15, 0.2) is 0 Å². The van der Waals surface area contributed by atoms with Crippen LogP contribution >= 0.6 is 0 Å². The lowest BCUT2D eigenvalue weighted by molar-refractivity contribution is 0.686. The first-order chi connectivity index (χ1) is 5.20. The first kappa shape index (κ1) is 10.1. The summed E-state index contributed by atoms with van der Waals surface area (Å²) in [6, 6.07) is 0. The van der Waals surface area contributed by atoms with Crippen molar-refractivity contribution in [3.63, 3.8) is 0 Å². The van der Waals surface area contributed by atoms with Gasteiger partial charge in [-0.25, -0.2) is 4.99 Å². The van der Waals surface area contributed by atoms with Crippen molar-refractivity contribution in [2.75, 3.05) is 7.05 Å². The zero-order valence-corrected chi connectivity index (χ0v) is 7.54. The van der Waals surface area contributed by atoms with E-state index in [0.717, 1.165) is 12.1 Å². The fraction of sp³-hybridized carbons (Fsp3) is 0.556. The van der Waals surface area contributed by atoms with Crippen molar-refractivity contribution in [2.45, 2.75) is 20.3 Å². The summed E-state index contributed by atoms with van der Waals surface area (Å²) < 4.78 is 0. The monoisotopic (exact) mass is 152 g/mol. The summed E-state index contributed by atoms with van der Waals surface area (Å²) in [6.07, 6.45) is 4.30. The molecule has 0 spiro atoms. The minimum atomic E-state index is 0.622. The van der Waals surface area contributed by atoms with Gasteiger partial charge in [-0.2, -0.15) is 0 Å². The molecule has 2 nitrogen and oxygen atoms in total. The molecule has 0 rings (SSSR count). The van der Waals surface area contributed by atoms with Gasteiger partial charge in [0, 0.05) is 12.8 Å². The zero-order chi connectivity index (χ0) is 8.69. The van der Waals surface area contributed by atoms with Crippen LogP contribution in [0.1, 0.15) is 20.3 Å². The molecule has 11 heavy (non-hydrogen) atoms. The summed E-state index contributed by atoms with van der Waals surface area (Å²) in [6.45, 7) is 7.98. The maximum Gasteiger partial charge on any atom is 0.109 e. The van der Waals surface area contributed by atoms with Crippen LogP contribution in [0.2, 0.25) is 0 Å². The molecule has 0 radical (unpaired) electrons. The van der Waals surface area contributed by atoms with E-state index < -0.39 is 0 Å². The van der Waals surface area contributed by atoms with Crippen LogP contribution < -0.4 is 0 Å². The van der Waals surface area contributed by atoms with E-state index in [2.05, 4.69) is 30.4 Å². The standard InChI is InChI=1S/C9H16N2/c1-5-9(6-8(2)3)11-7-10-4/h5,7-8H,1,6H2,2-4H3. The largest absolute Gasteiger partial charge is 0.277 e. The summed E-state index contributed by atoms with van der Waals surface area (Å²) >= 11 is 0. The van der Waals surface area contributed by atoms with Crippen molar-refractivity contribution in [3.8, 4) is 0 Å². The second-order valence-electron chi connectivity index (χ2n) is 2.80. The van der Waals surface area contributed by atoms with Crippen molar-refractivity contribution in [1.82, 2.24) is 0 Å². The minimum Gasteiger partial charge on any atom is -0.277 e. The number of rotatable bonds is 4. The van der Waals surface area contributed by atoms with E-state index in [1.54, 1.807) is 19.5 Å². The van der Waals surface area contributed by atoms with E-state index in [1.165, 1.54) is 0 Å². The van der Waals surface area contributed by atoms with Crippen LogP contribution in [0.25, 0.3) is 0 Å². The number of nitrogens with zero attached hydrogens (tertiary/aromatic N) is 2. The number of hydrogen-bond acceptors (Lipinski definition) is 1. The molecule has 0 aliphatic rings. The fourth-order valence-electron chi connectivity index (χ4n) is 0.739. The second-order valence-corrected chi connectivity index (χ2v) is 2.80. The molecular formula is C9H16N2. The van der Waals surface area contributed by atoms with E-state index in [9.17, 15) is 0 Å².